The van der Waals surface area contributed by atoms with Crippen LogP contribution in [0, 0.1) is 6.92 Å². The van der Waals surface area contributed by atoms with Gasteiger partial charge in [0.1, 0.15) is 17.2 Å². The fourth-order valence-corrected chi connectivity index (χ4v) is 4.47. The van der Waals surface area contributed by atoms with Crippen LogP contribution >= 0.6 is 0 Å². The highest BCUT2D eigenvalue weighted by molar-refractivity contribution is 5.67. The molecule has 160 valence electrons. The summed E-state index contributed by atoms with van der Waals surface area (Å²) < 4.78 is 16.0. The number of benzene rings is 3. The van der Waals surface area contributed by atoms with Crippen molar-refractivity contribution < 1.29 is 19.0 Å². The second kappa shape index (κ2) is 9.25. The summed E-state index contributed by atoms with van der Waals surface area (Å²) in [6.07, 6.45) is 5.15. The first-order valence-corrected chi connectivity index (χ1v) is 10.8. The molecule has 4 rings (SSSR count). The molecular weight excluding hydrogens is 388 g/mol. The van der Waals surface area contributed by atoms with E-state index < -0.39 is 6.16 Å². The second-order valence-electron chi connectivity index (χ2n) is 8.16. The molecule has 1 saturated carbocycles. The third-order valence-electron chi connectivity index (χ3n) is 6.18. The van der Waals surface area contributed by atoms with Gasteiger partial charge in [0.05, 0.1) is 7.11 Å². The van der Waals surface area contributed by atoms with Gasteiger partial charge < -0.3 is 14.2 Å². The summed E-state index contributed by atoms with van der Waals surface area (Å²) in [5.41, 5.74) is 3.63. The van der Waals surface area contributed by atoms with Crippen LogP contribution in [0.15, 0.2) is 72.8 Å². The van der Waals surface area contributed by atoms with Gasteiger partial charge in [0.15, 0.2) is 0 Å². The number of hydrogen-bond acceptors (Lipinski definition) is 4. The number of carbonyl (C=O) groups excluding carboxylic acids is 1. The highest BCUT2D eigenvalue weighted by Gasteiger charge is 2.35. The molecule has 1 aliphatic rings. The normalized spacial score (nSPS) is 15.2. The lowest BCUT2D eigenvalue weighted by atomic mass is 9.65. The molecule has 0 unspecified atom stereocenters. The predicted molar refractivity (Wildman–Crippen MR) is 121 cm³/mol. The van der Waals surface area contributed by atoms with Gasteiger partial charge >= 0.3 is 6.16 Å². The molecule has 0 atom stereocenters. The van der Waals surface area contributed by atoms with E-state index in [-0.39, 0.29) is 5.41 Å². The molecule has 0 heterocycles. The molecule has 0 saturated heterocycles. The summed E-state index contributed by atoms with van der Waals surface area (Å²) in [6.45, 7) is 1.98. The highest BCUT2D eigenvalue weighted by atomic mass is 16.7. The molecule has 4 nitrogen and oxygen atoms in total. The Balaban J connectivity index is 1.51. The summed E-state index contributed by atoms with van der Waals surface area (Å²) in [6, 6.07) is 23.5. The standard InChI is InChI=1S/C27H28O4/c1-20-6-12-24(13-7-20)30-26(28)31-25-16-10-22(11-17-25)27(18-4-3-5-19-27)21-8-14-23(29-2)15-9-21/h6-17H,3-5,18-19H2,1-2H3. The molecule has 0 radical (unpaired) electrons. The lowest BCUT2D eigenvalue weighted by Crippen LogP contribution is -2.30. The van der Waals surface area contributed by atoms with Gasteiger partial charge in [-0.1, -0.05) is 61.2 Å². The molecule has 3 aromatic carbocycles. The van der Waals surface area contributed by atoms with Crippen LogP contribution in [0.1, 0.15) is 48.8 Å². The van der Waals surface area contributed by atoms with Crippen LogP contribution in [0.5, 0.6) is 17.2 Å². The topological polar surface area (TPSA) is 44.8 Å². The molecule has 0 bridgehead atoms. The maximum atomic E-state index is 12.1. The number of ether oxygens (including phenoxy) is 3. The minimum absolute atomic E-state index is 0.0224. The largest absolute Gasteiger partial charge is 0.519 e. The fraction of sp³-hybridized carbons (Fsp3) is 0.296. The Kier molecular flexibility index (Phi) is 6.26. The van der Waals surface area contributed by atoms with Crippen molar-refractivity contribution in [1.29, 1.82) is 0 Å². The van der Waals surface area contributed by atoms with Crippen LogP contribution in [-0.2, 0) is 5.41 Å². The fourth-order valence-electron chi connectivity index (χ4n) is 4.47. The van der Waals surface area contributed by atoms with Gasteiger partial charge in [-0.15, -0.1) is 0 Å². The Morgan fingerprint density at radius 3 is 1.61 bits per heavy atom. The Morgan fingerprint density at radius 2 is 1.13 bits per heavy atom. The van der Waals surface area contributed by atoms with E-state index in [2.05, 4.69) is 24.3 Å². The molecule has 4 heteroatoms. The summed E-state index contributed by atoms with van der Waals surface area (Å²) in [5, 5.41) is 0. The number of hydrogen-bond donors (Lipinski definition) is 0. The van der Waals surface area contributed by atoms with Crippen LogP contribution in [0.25, 0.3) is 0 Å². The van der Waals surface area contributed by atoms with Crippen LogP contribution in [-0.4, -0.2) is 13.3 Å². The molecule has 31 heavy (non-hydrogen) atoms. The predicted octanol–water partition coefficient (Wildman–Crippen LogP) is 6.83. The molecule has 3 aromatic rings. The number of carbonyl (C=O) groups is 1. The number of rotatable bonds is 5. The van der Waals surface area contributed by atoms with Gasteiger partial charge in [-0.25, -0.2) is 4.79 Å². The van der Waals surface area contributed by atoms with Crippen molar-refractivity contribution in [3.63, 3.8) is 0 Å². The van der Waals surface area contributed by atoms with Gasteiger partial charge in [-0.05, 0) is 67.3 Å². The molecule has 0 N–H and O–H groups in total. The van der Waals surface area contributed by atoms with Crippen LogP contribution in [0.2, 0.25) is 0 Å². The highest BCUT2D eigenvalue weighted by Crippen LogP contribution is 2.45. The zero-order chi connectivity index (χ0) is 21.7. The van der Waals surface area contributed by atoms with E-state index in [9.17, 15) is 4.79 Å². The van der Waals surface area contributed by atoms with E-state index in [0.29, 0.717) is 11.5 Å². The quantitative estimate of drug-likeness (QED) is 0.338. The van der Waals surface area contributed by atoms with E-state index in [1.165, 1.54) is 30.4 Å². The minimum atomic E-state index is -0.737. The first-order chi connectivity index (χ1) is 15.1. The van der Waals surface area contributed by atoms with Crippen molar-refractivity contribution in [3.05, 3.63) is 89.5 Å². The molecule has 0 aliphatic heterocycles. The van der Waals surface area contributed by atoms with Crippen molar-refractivity contribution in [2.45, 2.75) is 44.4 Å². The van der Waals surface area contributed by atoms with Gasteiger partial charge in [-0.2, -0.15) is 0 Å². The second-order valence-corrected chi connectivity index (χ2v) is 8.16. The SMILES string of the molecule is COc1ccc(C2(c3ccc(OC(=O)Oc4ccc(C)cc4)cc3)CCCCC2)cc1. The summed E-state index contributed by atoms with van der Waals surface area (Å²) in [7, 11) is 1.69. The van der Waals surface area contributed by atoms with Gasteiger partial charge in [0, 0.05) is 5.41 Å². The zero-order valence-corrected chi connectivity index (χ0v) is 18.1. The lowest BCUT2D eigenvalue weighted by Gasteiger charge is -2.38. The average Bonchev–Trinajstić information content (AvgIpc) is 2.81. The molecule has 0 spiro atoms. The van der Waals surface area contributed by atoms with Crippen LogP contribution in [0.3, 0.4) is 0 Å². The van der Waals surface area contributed by atoms with Gasteiger partial charge in [0.2, 0.25) is 0 Å². The van der Waals surface area contributed by atoms with E-state index in [1.54, 1.807) is 19.2 Å². The van der Waals surface area contributed by atoms with Gasteiger partial charge in [-0.3, -0.25) is 0 Å². The Morgan fingerprint density at radius 1 is 0.677 bits per heavy atom. The zero-order valence-electron chi connectivity index (χ0n) is 18.1. The maximum absolute atomic E-state index is 12.1. The summed E-state index contributed by atoms with van der Waals surface area (Å²) in [5.74, 6) is 1.81. The van der Waals surface area contributed by atoms with Gasteiger partial charge in [0.25, 0.3) is 0 Å². The van der Waals surface area contributed by atoms with Crippen molar-refractivity contribution in [2.75, 3.05) is 7.11 Å². The minimum Gasteiger partial charge on any atom is -0.497 e. The Labute approximate surface area is 183 Å². The lowest BCUT2D eigenvalue weighted by molar-refractivity contribution is 0.152. The summed E-state index contributed by atoms with van der Waals surface area (Å²) >= 11 is 0. The van der Waals surface area contributed by atoms with Crippen molar-refractivity contribution in [2.24, 2.45) is 0 Å². The molecule has 1 aliphatic carbocycles. The molecular formula is C27H28O4. The number of methoxy groups -OCH3 is 1. The Bertz CT molecular complexity index is 999. The molecule has 1 fully saturated rings. The summed E-state index contributed by atoms with van der Waals surface area (Å²) in [4.78, 5) is 12.1. The van der Waals surface area contributed by atoms with Crippen molar-refractivity contribution >= 4 is 6.16 Å². The van der Waals surface area contributed by atoms with E-state index >= 15 is 0 Å². The van der Waals surface area contributed by atoms with E-state index in [0.717, 1.165) is 24.2 Å². The first kappa shape index (κ1) is 21.0. The molecule has 0 amide bonds. The maximum Gasteiger partial charge on any atom is 0.519 e. The van der Waals surface area contributed by atoms with E-state index in [1.807, 2.05) is 43.3 Å². The van der Waals surface area contributed by atoms with Crippen molar-refractivity contribution in [3.8, 4) is 17.2 Å². The first-order valence-electron chi connectivity index (χ1n) is 10.8. The van der Waals surface area contributed by atoms with Crippen LogP contribution in [0.4, 0.5) is 4.79 Å². The van der Waals surface area contributed by atoms with Crippen molar-refractivity contribution in [1.82, 2.24) is 0 Å². The van der Waals surface area contributed by atoms with E-state index in [4.69, 9.17) is 14.2 Å². The average molecular weight is 417 g/mol. The monoisotopic (exact) mass is 416 g/mol. The third kappa shape index (κ3) is 4.74. The smallest absolute Gasteiger partial charge is 0.497 e. The third-order valence-corrected chi connectivity index (χ3v) is 6.18. The van der Waals surface area contributed by atoms with Crippen LogP contribution < -0.4 is 14.2 Å². The number of aryl methyl sites for hydroxylation is 1. The Hall–Kier alpha value is -3.27. The molecule has 0 aromatic heterocycles.